The second kappa shape index (κ2) is 3.66. The van der Waals surface area contributed by atoms with E-state index >= 15 is 0 Å². The Labute approximate surface area is 63.8 Å². The standard InChI is InChI=1S/C7H19O2P/c1-6(2)5-10(8,9)7(3)4/h6-10H,5H2,1-4H3. The van der Waals surface area contributed by atoms with E-state index in [4.69, 9.17) is 0 Å². The molecule has 0 unspecified atom stereocenters. The van der Waals surface area contributed by atoms with Crippen LogP contribution in [0.25, 0.3) is 0 Å². The summed E-state index contributed by atoms with van der Waals surface area (Å²) in [5.41, 5.74) is 0.0508. The molecule has 0 spiro atoms. The molecule has 0 aromatic carbocycles. The van der Waals surface area contributed by atoms with Crippen molar-refractivity contribution in [1.82, 2.24) is 0 Å². The Balaban J connectivity index is 3.87. The quantitative estimate of drug-likeness (QED) is 0.625. The molecule has 0 atom stereocenters. The molecular formula is C7H19O2P. The van der Waals surface area contributed by atoms with Crippen LogP contribution in [0.3, 0.4) is 0 Å². The molecular weight excluding hydrogens is 147 g/mol. The maximum absolute atomic E-state index is 9.46. The molecule has 0 rings (SSSR count). The van der Waals surface area contributed by atoms with Crippen LogP contribution in [0.4, 0.5) is 0 Å². The van der Waals surface area contributed by atoms with Gasteiger partial charge < -0.3 is 0 Å². The molecule has 0 bridgehead atoms. The Morgan fingerprint density at radius 1 is 1.10 bits per heavy atom. The molecule has 0 aromatic heterocycles. The first-order valence-corrected chi connectivity index (χ1v) is 5.99. The van der Waals surface area contributed by atoms with Gasteiger partial charge in [0.05, 0.1) is 0 Å². The fraction of sp³-hybridized carbons (Fsp3) is 1.00. The van der Waals surface area contributed by atoms with Crippen LogP contribution in [0.15, 0.2) is 0 Å². The summed E-state index contributed by atoms with van der Waals surface area (Å²) in [6.45, 7) is 7.76. The molecule has 0 saturated heterocycles. The molecule has 64 valence electrons. The first kappa shape index (κ1) is 10.3. The predicted molar refractivity (Wildman–Crippen MR) is 47.6 cm³/mol. The summed E-state index contributed by atoms with van der Waals surface area (Å²) in [6.07, 6.45) is 0.588. The van der Waals surface area contributed by atoms with Gasteiger partial charge >= 0.3 is 62.9 Å². The van der Waals surface area contributed by atoms with Crippen molar-refractivity contribution < 1.29 is 9.79 Å². The first-order chi connectivity index (χ1) is 4.36. The van der Waals surface area contributed by atoms with Crippen LogP contribution in [0.5, 0.6) is 0 Å². The van der Waals surface area contributed by atoms with Crippen molar-refractivity contribution in [3.05, 3.63) is 0 Å². The third-order valence-electron chi connectivity index (χ3n) is 1.63. The molecule has 10 heavy (non-hydrogen) atoms. The average Bonchev–Trinajstić information content (AvgIpc) is 1.60. The van der Waals surface area contributed by atoms with Crippen molar-refractivity contribution >= 4 is 7.72 Å². The van der Waals surface area contributed by atoms with Gasteiger partial charge in [-0.25, -0.2) is 0 Å². The third kappa shape index (κ3) is 3.50. The molecule has 0 heterocycles. The molecule has 3 heteroatoms. The van der Waals surface area contributed by atoms with E-state index in [1.165, 1.54) is 0 Å². The average molecular weight is 166 g/mol. The summed E-state index contributed by atoms with van der Waals surface area (Å²) in [4.78, 5) is 18.9. The third-order valence-corrected chi connectivity index (χ3v) is 4.90. The SMILES string of the molecule is CC(C)C[PH](O)(O)C(C)C. The summed E-state index contributed by atoms with van der Waals surface area (Å²) >= 11 is 0. The summed E-state index contributed by atoms with van der Waals surface area (Å²) in [6, 6.07) is 0. The van der Waals surface area contributed by atoms with Gasteiger partial charge in [-0.3, -0.25) is 0 Å². The van der Waals surface area contributed by atoms with Gasteiger partial charge in [-0.2, -0.15) is 0 Å². The summed E-state index contributed by atoms with van der Waals surface area (Å²) < 4.78 is 0. The van der Waals surface area contributed by atoms with Crippen molar-refractivity contribution in [3.63, 3.8) is 0 Å². The number of hydrogen-bond acceptors (Lipinski definition) is 2. The van der Waals surface area contributed by atoms with E-state index in [1.807, 2.05) is 27.7 Å². The van der Waals surface area contributed by atoms with E-state index in [1.54, 1.807) is 0 Å². The maximum atomic E-state index is 9.46. The second-order valence-corrected chi connectivity index (χ2v) is 6.95. The Bertz CT molecular complexity index is 99.8. The fourth-order valence-corrected chi connectivity index (χ4v) is 2.51. The zero-order valence-electron chi connectivity index (χ0n) is 7.26. The van der Waals surface area contributed by atoms with Gasteiger partial charge in [-0.1, -0.05) is 0 Å². The van der Waals surface area contributed by atoms with E-state index in [-0.39, 0.29) is 5.66 Å². The van der Waals surface area contributed by atoms with E-state index < -0.39 is 7.72 Å². The minimum atomic E-state index is -2.84. The zero-order valence-corrected chi connectivity index (χ0v) is 8.26. The molecule has 0 aliphatic carbocycles. The molecule has 0 aromatic rings. The van der Waals surface area contributed by atoms with Crippen LogP contribution in [0, 0.1) is 5.92 Å². The molecule has 2 N–H and O–H groups in total. The zero-order chi connectivity index (χ0) is 8.36. The van der Waals surface area contributed by atoms with E-state index in [2.05, 4.69) is 0 Å². The molecule has 0 fully saturated rings. The fourth-order valence-electron chi connectivity index (χ4n) is 0.837. The summed E-state index contributed by atoms with van der Waals surface area (Å²) in [7, 11) is -2.84. The van der Waals surface area contributed by atoms with Crippen LogP contribution in [0.1, 0.15) is 27.7 Å². The van der Waals surface area contributed by atoms with Crippen molar-refractivity contribution in [3.8, 4) is 0 Å². The van der Waals surface area contributed by atoms with Gasteiger partial charge in [-0.15, -0.1) is 0 Å². The summed E-state index contributed by atoms with van der Waals surface area (Å²) in [5, 5.41) is 0. The van der Waals surface area contributed by atoms with Gasteiger partial charge in [-0.05, 0) is 0 Å². The molecule has 2 nitrogen and oxygen atoms in total. The summed E-state index contributed by atoms with van der Waals surface area (Å²) in [5.74, 6) is 0.393. The Morgan fingerprint density at radius 2 is 1.50 bits per heavy atom. The van der Waals surface area contributed by atoms with Gasteiger partial charge in [0.15, 0.2) is 0 Å². The normalized spacial score (nSPS) is 14.8. The molecule has 0 aliphatic rings. The van der Waals surface area contributed by atoms with Gasteiger partial charge in [0.25, 0.3) is 0 Å². The topological polar surface area (TPSA) is 40.5 Å². The van der Waals surface area contributed by atoms with E-state index in [9.17, 15) is 9.79 Å². The van der Waals surface area contributed by atoms with Crippen LogP contribution >= 0.6 is 7.72 Å². The molecule has 0 radical (unpaired) electrons. The van der Waals surface area contributed by atoms with Crippen LogP contribution in [-0.4, -0.2) is 21.6 Å². The van der Waals surface area contributed by atoms with E-state index in [0.29, 0.717) is 12.1 Å². The van der Waals surface area contributed by atoms with Crippen molar-refractivity contribution in [2.45, 2.75) is 33.4 Å². The Kier molecular flexibility index (Phi) is 3.79. The van der Waals surface area contributed by atoms with Crippen molar-refractivity contribution in [2.24, 2.45) is 5.92 Å². The van der Waals surface area contributed by atoms with Crippen LogP contribution < -0.4 is 0 Å². The van der Waals surface area contributed by atoms with Gasteiger partial charge in [0.1, 0.15) is 0 Å². The minimum absolute atomic E-state index is 0.0508. The predicted octanol–water partition coefficient (Wildman–Crippen LogP) is 1.62. The second-order valence-electron chi connectivity index (χ2n) is 3.63. The van der Waals surface area contributed by atoms with Gasteiger partial charge in [0.2, 0.25) is 0 Å². The number of hydrogen-bond donors (Lipinski definition) is 2. The molecule has 0 saturated carbocycles. The Hall–Kier alpha value is 0.350. The van der Waals surface area contributed by atoms with Crippen molar-refractivity contribution in [1.29, 1.82) is 0 Å². The monoisotopic (exact) mass is 166 g/mol. The van der Waals surface area contributed by atoms with Crippen LogP contribution in [0.2, 0.25) is 0 Å². The van der Waals surface area contributed by atoms with Gasteiger partial charge in [0, 0.05) is 0 Å². The number of rotatable bonds is 3. The first-order valence-electron chi connectivity index (χ1n) is 3.81. The Morgan fingerprint density at radius 3 is 1.60 bits per heavy atom. The van der Waals surface area contributed by atoms with Crippen molar-refractivity contribution in [2.75, 3.05) is 6.16 Å². The van der Waals surface area contributed by atoms with Crippen LogP contribution in [-0.2, 0) is 0 Å². The molecule has 0 amide bonds. The van der Waals surface area contributed by atoms with E-state index in [0.717, 1.165) is 0 Å². The molecule has 0 aliphatic heterocycles.